The number of amides is 1. The summed E-state index contributed by atoms with van der Waals surface area (Å²) in [4.78, 5) is 16.6. The normalized spacial score (nSPS) is 12.4. The van der Waals surface area contributed by atoms with E-state index in [9.17, 15) is 4.79 Å². The minimum absolute atomic E-state index is 0.470. The van der Waals surface area contributed by atoms with Crippen LogP contribution in [0.5, 0.6) is 0 Å². The monoisotopic (exact) mass is 571 g/mol. The number of benzene rings is 4. The molecule has 0 aliphatic heterocycles. The van der Waals surface area contributed by atoms with E-state index in [2.05, 4.69) is 93.7 Å². The highest BCUT2D eigenvalue weighted by Gasteiger charge is 2.27. The fourth-order valence-electron chi connectivity index (χ4n) is 5.64. The molecule has 0 fully saturated rings. The molecule has 0 spiro atoms. The van der Waals surface area contributed by atoms with Crippen molar-refractivity contribution in [2.75, 3.05) is 0 Å². The van der Waals surface area contributed by atoms with Crippen LogP contribution in [-0.2, 0) is 30.5 Å². The molecule has 1 amide bonds. The summed E-state index contributed by atoms with van der Waals surface area (Å²) in [5.74, 6) is 1.58. The second-order valence-corrected chi connectivity index (χ2v) is 11.9. The fraction of sp³-hybridized carbons (Fsp3) is 0.250. The van der Waals surface area contributed by atoms with Gasteiger partial charge in [0.25, 0.3) is 0 Å². The van der Waals surface area contributed by atoms with Crippen molar-refractivity contribution < 1.29 is 9.53 Å². The first-order valence-corrected chi connectivity index (χ1v) is 14.8. The summed E-state index contributed by atoms with van der Waals surface area (Å²) in [5.41, 5.74) is 3.91. The number of fused-ring (bicyclic) bond motifs is 2. The number of alkyl carbamates (subject to hydrolysis) is 1. The molecule has 0 radical (unpaired) electrons. The standard InChI is InChI=1S/C36H37N5O2/c1-36(2,3)43-35(42)38-32(22-28-23-37-31-19-10-9-18-30(28)31)34-40-39-33(21-20-25-12-5-4-6-13-25)41(34)24-27-16-11-15-26-14-7-8-17-29(26)27/h4-19,23,32,37H,20-22,24H2,1-3H3,(H,38,42). The number of aromatic nitrogens is 4. The van der Waals surface area contributed by atoms with Crippen LogP contribution >= 0.6 is 0 Å². The van der Waals surface area contributed by atoms with Crippen LogP contribution in [0.1, 0.15) is 55.2 Å². The van der Waals surface area contributed by atoms with Crippen molar-refractivity contribution in [1.29, 1.82) is 0 Å². The van der Waals surface area contributed by atoms with Gasteiger partial charge in [0.15, 0.2) is 5.82 Å². The van der Waals surface area contributed by atoms with E-state index in [0.29, 0.717) is 25.2 Å². The summed E-state index contributed by atoms with van der Waals surface area (Å²) >= 11 is 0. The van der Waals surface area contributed by atoms with E-state index in [4.69, 9.17) is 14.9 Å². The van der Waals surface area contributed by atoms with E-state index in [0.717, 1.165) is 28.7 Å². The number of carbonyl (C=O) groups is 1. The molecule has 0 aliphatic rings. The Labute approximate surface area is 251 Å². The Balaban J connectivity index is 1.41. The molecular formula is C36H37N5O2. The second-order valence-electron chi connectivity index (χ2n) is 11.9. The van der Waals surface area contributed by atoms with Gasteiger partial charge in [-0.05, 0) is 60.7 Å². The lowest BCUT2D eigenvalue weighted by Crippen LogP contribution is -2.37. The Morgan fingerprint density at radius 2 is 1.56 bits per heavy atom. The Kier molecular flexibility index (Phi) is 7.97. The molecule has 4 aromatic carbocycles. The van der Waals surface area contributed by atoms with Gasteiger partial charge in [0, 0.05) is 29.9 Å². The molecule has 6 aromatic rings. The SMILES string of the molecule is CC(C)(C)OC(=O)NC(Cc1c[nH]c2ccccc12)c1nnc(CCc2ccccc2)n1Cc1cccc2ccccc12. The van der Waals surface area contributed by atoms with Gasteiger partial charge in [-0.2, -0.15) is 0 Å². The Bertz CT molecular complexity index is 1840. The average molecular weight is 572 g/mol. The minimum Gasteiger partial charge on any atom is -0.444 e. The van der Waals surface area contributed by atoms with E-state index in [1.807, 2.05) is 45.2 Å². The maximum Gasteiger partial charge on any atom is 0.408 e. The Morgan fingerprint density at radius 3 is 2.37 bits per heavy atom. The summed E-state index contributed by atoms with van der Waals surface area (Å²) in [6.45, 7) is 6.18. The van der Waals surface area contributed by atoms with Crippen LogP contribution < -0.4 is 5.32 Å². The lowest BCUT2D eigenvalue weighted by molar-refractivity contribution is 0.0500. The first kappa shape index (κ1) is 28.2. The number of para-hydroxylation sites is 1. The summed E-state index contributed by atoms with van der Waals surface area (Å²) in [5, 5.41) is 16.1. The third-order valence-corrected chi connectivity index (χ3v) is 7.65. The van der Waals surface area contributed by atoms with Crippen molar-refractivity contribution in [1.82, 2.24) is 25.1 Å². The van der Waals surface area contributed by atoms with Gasteiger partial charge in [0.1, 0.15) is 11.4 Å². The number of H-pyrrole nitrogens is 1. The van der Waals surface area contributed by atoms with Gasteiger partial charge in [0.2, 0.25) is 0 Å². The number of ether oxygens (including phenoxy) is 1. The van der Waals surface area contributed by atoms with Crippen LogP contribution in [0.3, 0.4) is 0 Å². The largest absolute Gasteiger partial charge is 0.444 e. The van der Waals surface area contributed by atoms with Crippen molar-refractivity contribution in [2.24, 2.45) is 0 Å². The highest BCUT2D eigenvalue weighted by atomic mass is 16.6. The molecule has 7 nitrogen and oxygen atoms in total. The van der Waals surface area contributed by atoms with Crippen molar-refractivity contribution >= 4 is 27.8 Å². The van der Waals surface area contributed by atoms with E-state index >= 15 is 0 Å². The molecule has 0 aliphatic carbocycles. The van der Waals surface area contributed by atoms with Crippen molar-refractivity contribution in [3.05, 3.63) is 132 Å². The fourth-order valence-corrected chi connectivity index (χ4v) is 5.64. The zero-order chi connectivity index (χ0) is 29.8. The van der Waals surface area contributed by atoms with Gasteiger partial charge in [-0.1, -0.05) is 91.0 Å². The van der Waals surface area contributed by atoms with Crippen LogP contribution in [0.15, 0.2) is 103 Å². The van der Waals surface area contributed by atoms with Crippen LogP contribution in [0.25, 0.3) is 21.7 Å². The van der Waals surface area contributed by atoms with Gasteiger partial charge >= 0.3 is 6.09 Å². The number of rotatable bonds is 9. The maximum absolute atomic E-state index is 13.2. The number of hydrogen-bond donors (Lipinski definition) is 2. The summed E-state index contributed by atoms with van der Waals surface area (Å²) in [6.07, 6.45) is 3.60. The van der Waals surface area contributed by atoms with Crippen LogP contribution in [-0.4, -0.2) is 31.4 Å². The Hall–Kier alpha value is -4.91. The van der Waals surface area contributed by atoms with Crippen LogP contribution in [0.4, 0.5) is 4.79 Å². The third kappa shape index (κ3) is 6.61. The summed E-state index contributed by atoms with van der Waals surface area (Å²) < 4.78 is 7.89. The molecular weight excluding hydrogens is 534 g/mol. The number of aromatic amines is 1. The highest BCUT2D eigenvalue weighted by Crippen LogP contribution is 2.27. The number of hydrogen-bond acceptors (Lipinski definition) is 4. The molecule has 43 heavy (non-hydrogen) atoms. The van der Waals surface area contributed by atoms with Gasteiger partial charge in [-0.15, -0.1) is 10.2 Å². The number of aryl methyl sites for hydroxylation is 2. The zero-order valence-electron chi connectivity index (χ0n) is 24.9. The van der Waals surface area contributed by atoms with E-state index in [1.165, 1.54) is 21.9 Å². The first-order valence-electron chi connectivity index (χ1n) is 14.8. The van der Waals surface area contributed by atoms with Crippen LogP contribution in [0, 0.1) is 0 Å². The smallest absolute Gasteiger partial charge is 0.408 e. The van der Waals surface area contributed by atoms with Gasteiger partial charge in [-0.3, -0.25) is 0 Å². The van der Waals surface area contributed by atoms with Gasteiger partial charge < -0.3 is 19.6 Å². The molecule has 1 unspecified atom stereocenters. The Morgan fingerprint density at radius 1 is 0.837 bits per heavy atom. The van der Waals surface area contributed by atoms with Gasteiger partial charge in [-0.25, -0.2) is 4.79 Å². The van der Waals surface area contributed by atoms with E-state index in [1.54, 1.807) is 0 Å². The van der Waals surface area contributed by atoms with E-state index < -0.39 is 17.7 Å². The second kappa shape index (κ2) is 12.1. The predicted molar refractivity (Wildman–Crippen MR) is 171 cm³/mol. The lowest BCUT2D eigenvalue weighted by atomic mass is 10.0. The number of carbonyl (C=O) groups excluding carboxylic acids is 1. The molecule has 2 aromatic heterocycles. The molecule has 1 atom stereocenters. The zero-order valence-corrected chi connectivity index (χ0v) is 24.9. The molecule has 2 heterocycles. The molecule has 0 bridgehead atoms. The summed E-state index contributed by atoms with van der Waals surface area (Å²) in [6, 6.07) is 32.9. The van der Waals surface area contributed by atoms with Crippen LogP contribution in [0.2, 0.25) is 0 Å². The third-order valence-electron chi connectivity index (χ3n) is 7.65. The van der Waals surface area contributed by atoms with E-state index in [-0.39, 0.29) is 0 Å². The number of nitrogens with zero attached hydrogens (tertiary/aromatic N) is 3. The highest BCUT2D eigenvalue weighted by molar-refractivity contribution is 5.85. The van der Waals surface area contributed by atoms with Crippen molar-refractivity contribution in [2.45, 2.75) is 58.2 Å². The topological polar surface area (TPSA) is 84.8 Å². The predicted octanol–water partition coefficient (Wildman–Crippen LogP) is 7.55. The maximum atomic E-state index is 13.2. The van der Waals surface area contributed by atoms with Gasteiger partial charge in [0.05, 0.1) is 12.6 Å². The molecule has 7 heteroatoms. The summed E-state index contributed by atoms with van der Waals surface area (Å²) in [7, 11) is 0. The lowest BCUT2D eigenvalue weighted by Gasteiger charge is -2.24. The van der Waals surface area contributed by atoms with Crippen molar-refractivity contribution in [3.8, 4) is 0 Å². The quantitative estimate of drug-likeness (QED) is 0.188. The minimum atomic E-state index is -0.632. The molecule has 6 rings (SSSR count). The van der Waals surface area contributed by atoms with Crippen molar-refractivity contribution in [3.63, 3.8) is 0 Å². The molecule has 0 saturated heterocycles. The number of nitrogens with one attached hydrogen (secondary N) is 2. The molecule has 2 N–H and O–H groups in total. The first-order chi connectivity index (χ1) is 20.8. The molecule has 0 saturated carbocycles. The average Bonchev–Trinajstić information content (AvgIpc) is 3.59. The molecule has 218 valence electrons.